The van der Waals surface area contributed by atoms with Gasteiger partial charge in [-0.2, -0.15) is 0 Å². The largest absolute Gasteiger partial charge is 0.447 e. The normalized spacial score (nSPS) is 21.2. The molecule has 0 fully saturated rings. The summed E-state index contributed by atoms with van der Waals surface area (Å²) in [4.78, 5) is 11.0. The Morgan fingerprint density at radius 1 is 1.62 bits per heavy atom. The molecule has 0 radical (unpaired) electrons. The first kappa shape index (κ1) is 10.1. The van der Waals surface area contributed by atoms with E-state index in [9.17, 15) is 4.79 Å². The number of aliphatic hydroxyl groups excluding tert-OH is 1. The molecule has 0 aliphatic heterocycles. The van der Waals surface area contributed by atoms with Crippen molar-refractivity contribution in [1.29, 1.82) is 0 Å². The van der Waals surface area contributed by atoms with E-state index in [-0.39, 0.29) is 19.3 Å². The van der Waals surface area contributed by atoms with Crippen molar-refractivity contribution in [3.05, 3.63) is 12.2 Å². The third kappa shape index (κ3) is 3.94. The number of hydrogen-bond donors (Lipinski definition) is 2. The lowest BCUT2D eigenvalue weighted by atomic mass is 10.0. The second-order valence-electron chi connectivity index (χ2n) is 2.99. The molecule has 4 heteroatoms. The first-order chi connectivity index (χ1) is 6.33. The van der Waals surface area contributed by atoms with Gasteiger partial charge in [-0.05, 0) is 19.3 Å². The van der Waals surface area contributed by atoms with Crippen LogP contribution in [0.5, 0.6) is 0 Å². The van der Waals surface area contributed by atoms with Crippen molar-refractivity contribution in [1.82, 2.24) is 5.32 Å². The predicted molar refractivity (Wildman–Crippen MR) is 48.3 cm³/mol. The third-order valence-electron chi connectivity index (χ3n) is 1.92. The van der Waals surface area contributed by atoms with Crippen molar-refractivity contribution in [2.75, 3.05) is 13.2 Å². The minimum absolute atomic E-state index is 0.0639. The monoisotopic (exact) mass is 185 g/mol. The number of ether oxygens (including phenoxy) is 1. The van der Waals surface area contributed by atoms with Crippen LogP contribution in [0.2, 0.25) is 0 Å². The quantitative estimate of drug-likeness (QED) is 0.640. The molecule has 1 amide bonds. The number of nitrogens with one attached hydrogen (secondary N) is 1. The van der Waals surface area contributed by atoms with Crippen molar-refractivity contribution < 1.29 is 14.6 Å². The van der Waals surface area contributed by atoms with Gasteiger partial charge < -0.3 is 15.2 Å². The van der Waals surface area contributed by atoms with Crippen molar-refractivity contribution in [3.63, 3.8) is 0 Å². The van der Waals surface area contributed by atoms with Gasteiger partial charge in [-0.1, -0.05) is 12.2 Å². The summed E-state index contributed by atoms with van der Waals surface area (Å²) in [6.07, 6.45) is 6.57. The first-order valence-electron chi connectivity index (χ1n) is 4.52. The summed E-state index contributed by atoms with van der Waals surface area (Å²) in [6.45, 7) is -0.0631. The van der Waals surface area contributed by atoms with Crippen LogP contribution in [0.1, 0.15) is 19.3 Å². The van der Waals surface area contributed by atoms with Gasteiger partial charge in [0.2, 0.25) is 0 Å². The molecule has 4 nitrogen and oxygen atoms in total. The van der Waals surface area contributed by atoms with Crippen molar-refractivity contribution in [2.24, 2.45) is 0 Å². The average molecular weight is 185 g/mol. The molecule has 0 saturated heterocycles. The van der Waals surface area contributed by atoms with Gasteiger partial charge in [-0.3, -0.25) is 0 Å². The lowest BCUT2D eigenvalue weighted by molar-refractivity contribution is 0.115. The summed E-state index contributed by atoms with van der Waals surface area (Å²) >= 11 is 0. The summed E-state index contributed by atoms with van der Waals surface area (Å²) in [7, 11) is 0. The lowest BCUT2D eigenvalue weighted by Crippen LogP contribution is -2.36. The fraction of sp³-hybridized carbons (Fsp3) is 0.667. The molecule has 1 aliphatic carbocycles. The zero-order valence-corrected chi connectivity index (χ0v) is 7.53. The van der Waals surface area contributed by atoms with Gasteiger partial charge in [0.15, 0.2) is 0 Å². The Hall–Kier alpha value is -1.03. The summed E-state index contributed by atoms with van der Waals surface area (Å²) < 4.78 is 4.67. The molecule has 0 bridgehead atoms. The fourth-order valence-electron chi connectivity index (χ4n) is 1.27. The first-order valence-corrected chi connectivity index (χ1v) is 4.52. The van der Waals surface area contributed by atoms with E-state index < -0.39 is 6.09 Å². The zero-order valence-electron chi connectivity index (χ0n) is 7.53. The van der Waals surface area contributed by atoms with E-state index in [4.69, 9.17) is 5.11 Å². The molecule has 0 aromatic carbocycles. The van der Waals surface area contributed by atoms with Crippen LogP contribution in [0.15, 0.2) is 12.2 Å². The Balaban J connectivity index is 2.15. The molecular weight excluding hydrogens is 170 g/mol. The highest BCUT2D eigenvalue weighted by Crippen LogP contribution is 2.10. The van der Waals surface area contributed by atoms with Crippen LogP contribution in [0, 0.1) is 0 Å². The topological polar surface area (TPSA) is 58.6 Å². The van der Waals surface area contributed by atoms with Crippen molar-refractivity contribution in [2.45, 2.75) is 25.3 Å². The number of aliphatic hydroxyl groups is 1. The van der Waals surface area contributed by atoms with Crippen LogP contribution in [-0.2, 0) is 4.74 Å². The molecular formula is C9H15NO3. The van der Waals surface area contributed by atoms with Crippen LogP contribution in [0.3, 0.4) is 0 Å². The predicted octanol–water partition coefficient (Wildman–Crippen LogP) is 0.814. The van der Waals surface area contributed by atoms with Crippen molar-refractivity contribution in [3.8, 4) is 0 Å². The molecule has 0 saturated carbocycles. The van der Waals surface area contributed by atoms with Crippen LogP contribution in [0.4, 0.5) is 4.79 Å². The molecule has 0 heterocycles. The SMILES string of the molecule is O=C(NC1CC=CCC1)OCCO. The van der Waals surface area contributed by atoms with Gasteiger partial charge >= 0.3 is 6.09 Å². The van der Waals surface area contributed by atoms with E-state index in [0.29, 0.717) is 0 Å². The van der Waals surface area contributed by atoms with Gasteiger partial charge in [0.25, 0.3) is 0 Å². The Labute approximate surface area is 77.6 Å². The minimum atomic E-state index is -0.436. The Morgan fingerprint density at radius 2 is 2.46 bits per heavy atom. The molecule has 74 valence electrons. The molecule has 1 aliphatic rings. The summed E-state index contributed by atoms with van der Waals surface area (Å²) in [5, 5.41) is 11.1. The number of amides is 1. The number of hydrogen-bond acceptors (Lipinski definition) is 3. The zero-order chi connectivity index (χ0) is 9.52. The number of allylic oxidation sites excluding steroid dienone is 1. The second-order valence-corrected chi connectivity index (χ2v) is 2.99. The van der Waals surface area contributed by atoms with Gasteiger partial charge in [0.1, 0.15) is 6.61 Å². The molecule has 0 spiro atoms. The van der Waals surface area contributed by atoms with Gasteiger partial charge in [0, 0.05) is 6.04 Å². The van der Waals surface area contributed by atoms with E-state index in [1.54, 1.807) is 0 Å². The molecule has 13 heavy (non-hydrogen) atoms. The highest BCUT2D eigenvalue weighted by Gasteiger charge is 2.12. The molecule has 2 N–H and O–H groups in total. The Morgan fingerprint density at radius 3 is 3.08 bits per heavy atom. The summed E-state index contributed by atoms with van der Waals surface area (Å²) in [5.41, 5.74) is 0. The highest BCUT2D eigenvalue weighted by atomic mass is 16.6. The van der Waals surface area contributed by atoms with Gasteiger partial charge in [-0.25, -0.2) is 4.79 Å². The summed E-state index contributed by atoms with van der Waals surface area (Å²) in [6, 6.07) is 0.191. The standard InChI is InChI=1S/C9H15NO3/c11-6-7-13-9(12)10-8-4-2-1-3-5-8/h1-2,8,11H,3-7H2,(H,10,12). The van der Waals surface area contributed by atoms with Crippen molar-refractivity contribution >= 4 is 6.09 Å². The van der Waals surface area contributed by atoms with E-state index in [1.807, 2.05) is 0 Å². The lowest BCUT2D eigenvalue weighted by Gasteiger charge is -2.18. The van der Waals surface area contributed by atoms with Crippen LogP contribution in [0.25, 0.3) is 0 Å². The maximum absolute atomic E-state index is 11.0. The number of alkyl carbamates (subject to hydrolysis) is 1. The molecule has 0 aromatic heterocycles. The smallest absolute Gasteiger partial charge is 0.407 e. The molecule has 1 atom stereocenters. The van der Waals surface area contributed by atoms with Crippen LogP contribution < -0.4 is 5.32 Å². The molecule has 1 unspecified atom stereocenters. The van der Waals surface area contributed by atoms with Crippen LogP contribution in [-0.4, -0.2) is 30.5 Å². The minimum Gasteiger partial charge on any atom is -0.447 e. The maximum atomic E-state index is 11.0. The van der Waals surface area contributed by atoms with E-state index >= 15 is 0 Å². The Kier molecular flexibility index (Phi) is 4.32. The molecule has 0 aromatic rings. The van der Waals surface area contributed by atoms with Crippen LogP contribution >= 0.6 is 0 Å². The Bertz CT molecular complexity index is 191. The number of carbonyl (C=O) groups excluding carboxylic acids is 1. The maximum Gasteiger partial charge on any atom is 0.407 e. The summed E-state index contributed by atoms with van der Waals surface area (Å²) in [5.74, 6) is 0. The van der Waals surface area contributed by atoms with E-state index in [2.05, 4.69) is 22.2 Å². The number of carbonyl (C=O) groups is 1. The van der Waals surface area contributed by atoms with Gasteiger partial charge in [0.05, 0.1) is 6.61 Å². The second kappa shape index (κ2) is 5.59. The third-order valence-corrected chi connectivity index (χ3v) is 1.92. The highest BCUT2D eigenvalue weighted by molar-refractivity contribution is 5.67. The van der Waals surface area contributed by atoms with E-state index in [0.717, 1.165) is 19.3 Å². The van der Waals surface area contributed by atoms with E-state index in [1.165, 1.54) is 0 Å². The fourth-order valence-corrected chi connectivity index (χ4v) is 1.27. The molecule has 1 rings (SSSR count). The average Bonchev–Trinajstić information content (AvgIpc) is 2.16. The van der Waals surface area contributed by atoms with Gasteiger partial charge in [-0.15, -0.1) is 0 Å². The number of rotatable bonds is 3.